The summed E-state index contributed by atoms with van der Waals surface area (Å²) >= 11 is 0. The number of carbonyl (C=O) groups excluding carboxylic acids is 1. The maximum Gasteiger partial charge on any atom is 0.407 e. The number of nitrogens with one attached hydrogen (secondary N) is 3. The SMILES string of the molecule is CC(C)NC(=O)O[C@@H]1CC[C@H](c2cc(Nc3cnc4c(c3)CCS(=O)(=O)C4)n[nH]2)C1. The maximum atomic E-state index is 11.8. The molecule has 162 valence electrons. The molecule has 1 fully saturated rings. The summed E-state index contributed by atoms with van der Waals surface area (Å²) in [5.74, 6) is 1.11. The number of sulfone groups is 1. The van der Waals surface area contributed by atoms with Gasteiger partial charge >= 0.3 is 6.09 Å². The van der Waals surface area contributed by atoms with E-state index in [1.165, 1.54) is 0 Å². The van der Waals surface area contributed by atoms with E-state index in [-0.39, 0.29) is 35.7 Å². The van der Waals surface area contributed by atoms with Crippen molar-refractivity contribution in [2.75, 3.05) is 11.1 Å². The van der Waals surface area contributed by atoms with Crippen molar-refractivity contribution in [2.24, 2.45) is 0 Å². The summed E-state index contributed by atoms with van der Waals surface area (Å²) in [6.07, 6.45) is 4.19. The van der Waals surface area contributed by atoms with Crippen LogP contribution in [0.1, 0.15) is 56.0 Å². The molecule has 9 nitrogen and oxygen atoms in total. The van der Waals surface area contributed by atoms with Crippen molar-refractivity contribution in [2.45, 2.75) is 63.3 Å². The topological polar surface area (TPSA) is 126 Å². The van der Waals surface area contributed by atoms with Gasteiger partial charge in [0, 0.05) is 23.7 Å². The second-order valence-electron chi connectivity index (χ2n) is 8.34. The van der Waals surface area contributed by atoms with Crippen LogP contribution in [0, 0.1) is 0 Å². The number of H-pyrrole nitrogens is 1. The molecule has 1 saturated carbocycles. The Morgan fingerprint density at radius 1 is 1.30 bits per heavy atom. The molecule has 1 aliphatic heterocycles. The van der Waals surface area contributed by atoms with Crippen molar-refractivity contribution in [3.05, 3.63) is 35.3 Å². The average Bonchev–Trinajstić information content (AvgIpc) is 3.30. The van der Waals surface area contributed by atoms with Gasteiger partial charge in [0.2, 0.25) is 0 Å². The van der Waals surface area contributed by atoms with E-state index < -0.39 is 9.84 Å². The fourth-order valence-electron chi connectivity index (χ4n) is 4.01. The van der Waals surface area contributed by atoms with Gasteiger partial charge in [-0.15, -0.1) is 0 Å². The van der Waals surface area contributed by atoms with Crippen molar-refractivity contribution in [3.8, 4) is 0 Å². The molecule has 3 heterocycles. The molecule has 10 heteroatoms. The summed E-state index contributed by atoms with van der Waals surface area (Å²) in [5.41, 5.74) is 3.38. The average molecular weight is 434 g/mol. The molecule has 4 rings (SSSR count). The summed E-state index contributed by atoms with van der Waals surface area (Å²) in [4.78, 5) is 16.1. The Hall–Kier alpha value is -2.62. The molecule has 2 aliphatic rings. The molecule has 0 unspecified atom stereocenters. The fraction of sp³-hybridized carbons (Fsp3) is 0.550. The Kier molecular flexibility index (Phi) is 5.68. The highest BCUT2D eigenvalue weighted by molar-refractivity contribution is 7.90. The summed E-state index contributed by atoms with van der Waals surface area (Å²) in [5, 5.41) is 13.4. The van der Waals surface area contributed by atoms with E-state index >= 15 is 0 Å². The normalized spacial score (nSPS) is 22.5. The Morgan fingerprint density at radius 2 is 2.13 bits per heavy atom. The molecule has 2 aromatic heterocycles. The molecular weight excluding hydrogens is 406 g/mol. The number of alkyl carbamates (subject to hydrolysis) is 1. The van der Waals surface area contributed by atoms with Crippen LogP contribution < -0.4 is 10.6 Å². The smallest absolute Gasteiger partial charge is 0.407 e. The minimum absolute atomic E-state index is 0.00920. The fourth-order valence-corrected chi connectivity index (χ4v) is 5.36. The molecule has 0 aromatic carbocycles. The summed E-state index contributed by atoms with van der Waals surface area (Å²) < 4.78 is 29.0. The van der Waals surface area contributed by atoms with Crippen molar-refractivity contribution >= 4 is 27.4 Å². The number of fused-ring (bicyclic) bond motifs is 1. The quantitative estimate of drug-likeness (QED) is 0.662. The third kappa shape index (κ3) is 4.92. The van der Waals surface area contributed by atoms with E-state index in [2.05, 4.69) is 25.8 Å². The minimum Gasteiger partial charge on any atom is -0.446 e. The Bertz CT molecular complexity index is 1030. The van der Waals surface area contributed by atoms with Gasteiger partial charge in [-0.05, 0) is 51.2 Å². The number of nitrogens with zero attached hydrogens (tertiary/aromatic N) is 2. The van der Waals surface area contributed by atoms with Crippen molar-refractivity contribution in [1.29, 1.82) is 0 Å². The number of carbonyl (C=O) groups is 1. The van der Waals surface area contributed by atoms with E-state index in [1.807, 2.05) is 26.0 Å². The number of rotatable bonds is 5. The zero-order chi connectivity index (χ0) is 21.3. The number of hydrogen-bond donors (Lipinski definition) is 3. The predicted molar refractivity (Wildman–Crippen MR) is 112 cm³/mol. The first-order valence-electron chi connectivity index (χ1n) is 10.2. The van der Waals surface area contributed by atoms with Gasteiger partial charge in [0.1, 0.15) is 6.10 Å². The van der Waals surface area contributed by atoms with Gasteiger partial charge in [-0.3, -0.25) is 10.1 Å². The first kappa shape index (κ1) is 20.6. The predicted octanol–water partition coefficient (Wildman–Crippen LogP) is 2.79. The third-order valence-corrected chi connectivity index (χ3v) is 7.01. The highest BCUT2D eigenvalue weighted by Crippen LogP contribution is 2.36. The summed E-state index contributed by atoms with van der Waals surface area (Å²) in [7, 11) is -3.03. The maximum absolute atomic E-state index is 11.8. The highest BCUT2D eigenvalue weighted by Gasteiger charge is 2.30. The van der Waals surface area contributed by atoms with Gasteiger partial charge in [-0.1, -0.05) is 0 Å². The molecule has 0 radical (unpaired) electrons. The summed E-state index contributed by atoms with van der Waals surface area (Å²) in [6, 6.07) is 3.96. The Morgan fingerprint density at radius 3 is 2.93 bits per heavy atom. The number of hydrogen-bond acceptors (Lipinski definition) is 7. The van der Waals surface area contributed by atoms with Gasteiger partial charge in [0.15, 0.2) is 15.7 Å². The molecular formula is C20H27N5O4S. The van der Waals surface area contributed by atoms with E-state index in [4.69, 9.17) is 4.74 Å². The molecule has 1 aliphatic carbocycles. The van der Waals surface area contributed by atoms with E-state index in [0.717, 1.165) is 36.2 Å². The van der Waals surface area contributed by atoms with Crippen molar-refractivity contribution in [1.82, 2.24) is 20.5 Å². The minimum atomic E-state index is -3.03. The first-order chi connectivity index (χ1) is 14.3. The number of amides is 1. The molecule has 30 heavy (non-hydrogen) atoms. The van der Waals surface area contributed by atoms with Gasteiger partial charge in [0.05, 0.1) is 29.1 Å². The van der Waals surface area contributed by atoms with Gasteiger partial charge in [0.25, 0.3) is 0 Å². The Labute approximate surface area is 175 Å². The lowest BCUT2D eigenvalue weighted by atomic mass is 10.0. The van der Waals surface area contributed by atoms with Crippen LogP contribution in [0.15, 0.2) is 18.3 Å². The van der Waals surface area contributed by atoms with Crippen LogP contribution in [-0.2, 0) is 26.7 Å². The van der Waals surface area contributed by atoms with Gasteiger partial charge in [-0.2, -0.15) is 5.10 Å². The zero-order valence-corrected chi connectivity index (χ0v) is 18.0. The number of aromatic amines is 1. The highest BCUT2D eigenvalue weighted by atomic mass is 32.2. The molecule has 2 aromatic rings. The number of ether oxygens (including phenoxy) is 1. The lowest BCUT2D eigenvalue weighted by Crippen LogP contribution is -2.33. The largest absolute Gasteiger partial charge is 0.446 e. The molecule has 0 saturated heterocycles. The second kappa shape index (κ2) is 8.25. The van der Waals surface area contributed by atoms with Crippen LogP contribution >= 0.6 is 0 Å². The monoisotopic (exact) mass is 433 g/mol. The molecule has 0 bridgehead atoms. The molecule has 0 spiro atoms. The first-order valence-corrected chi connectivity index (χ1v) is 12.1. The third-order valence-electron chi connectivity index (χ3n) is 5.47. The van der Waals surface area contributed by atoms with Crippen LogP contribution in [0.25, 0.3) is 0 Å². The van der Waals surface area contributed by atoms with Crippen molar-refractivity contribution in [3.63, 3.8) is 0 Å². The number of aryl methyl sites for hydroxylation is 1. The van der Waals surface area contributed by atoms with Crippen LogP contribution in [0.3, 0.4) is 0 Å². The molecule has 1 amide bonds. The summed E-state index contributed by atoms with van der Waals surface area (Å²) in [6.45, 7) is 3.80. The number of anilines is 2. The van der Waals surface area contributed by atoms with Crippen LogP contribution in [0.5, 0.6) is 0 Å². The molecule has 2 atom stereocenters. The standard InChI is InChI=1S/C20H27N5O4S/c1-12(2)22-20(26)29-16-4-3-13(8-16)17-9-19(25-24-17)23-15-7-14-5-6-30(27,28)11-18(14)21-10-15/h7,9-10,12-13,16H,3-6,8,11H2,1-2H3,(H,22,26)(H2,23,24,25)/t13-,16+/m0/s1. The molecule has 3 N–H and O–H groups in total. The van der Waals surface area contributed by atoms with E-state index in [1.54, 1.807) is 6.20 Å². The van der Waals surface area contributed by atoms with Gasteiger partial charge < -0.3 is 15.4 Å². The van der Waals surface area contributed by atoms with Crippen LogP contribution in [0.2, 0.25) is 0 Å². The Balaban J connectivity index is 1.36. The zero-order valence-electron chi connectivity index (χ0n) is 17.1. The lowest BCUT2D eigenvalue weighted by molar-refractivity contribution is 0.0981. The number of pyridine rings is 1. The van der Waals surface area contributed by atoms with Gasteiger partial charge in [-0.25, -0.2) is 13.2 Å². The lowest BCUT2D eigenvalue weighted by Gasteiger charge is -2.16. The van der Waals surface area contributed by atoms with E-state index in [0.29, 0.717) is 17.9 Å². The second-order valence-corrected chi connectivity index (χ2v) is 10.5. The number of aromatic nitrogens is 3. The van der Waals surface area contributed by atoms with Crippen LogP contribution in [-0.4, -0.2) is 47.6 Å². The van der Waals surface area contributed by atoms with E-state index in [9.17, 15) is 13.2 Å². The van der Waals surface area contributed by atoms with Crippen molar-refractivity contribution < 1.29 is 17.9 Å². The van der Waals surface area contributed by atoms with Crippen LogP contribution in [0.4, 0.5) is 16.3 Å².